The summed E-state index contributed by atoms with van der Waals surface area (Å²) in [5.74, 6) is 2.84. The fourth-order valence-electron chi connectivity index (χ4n) is 2.93. The van der Waals surface area contributed by atoms with Crippen LogP contribution in [0, 0.1) is 17.8 Å². The molecule has 0 saturated heterocycles. The standard InChI is InChI=1S/C18H38/c1-6-9-11-13-16(4)17(5)15-18(8-3)14-12-10-7-2/h16-18H,6-15H2,1-5H3. The largest absolute Gasteiger partial charge is 0.0654 e. The second-order valence-corrected chi connectivity index (χ2v) is 6.46. The summed E-state index contributed by atoms with van der Waals surface area (Å²) in [6.45, 7) is 11.9. The van der Waals surface area contributed by atoms with Crippen LogP contribution in [0.4, 0.5) is 0 Å². The molecule has 0 bridgehead atoms. The Morgan fingerprint density at radius 1 is 0.667 bits per heavy atom. The smallest absolute Gasteiger partial charge is 0.0414 e. The van der Waals surface area contributed by atoms with E-state index in [2.05, 4.69) is 34.6 Å². The summed E-state index contributed by atoms with van der Waals surface area (Å²) in [4.78, 5) is 0. The fraction of sp³-hybridized carbons (Fsp3) is 1.00. The molecule has 0 aliphatic rings. The van der Waals surface area contributed by atoms with Crippen LogP contribution in [0.2, 0.25) is 0 Å². The first-order valence-corrected chi connectivity index (χ1v) is 8.65. The van der Waals surface area contributed by atoms with Crippen molar-refractivity contribution < 1.29 is 0 Å². The molecule has 0 radical (unpaired) electrons. The zero-order chi connectivity index (χ0) is 13.8. The summed E-state index contributed by atoms with van der Waals surface area (Å²) in [5.41, 5.74) is 0. The van der Waals surface area contributed by atoms with Crippen molar-refractivity contribution in [1.82, 2.24) is 0 Å². The Hall–Kier alpha value is 0. The van der Waals surface area contributed by atoms with Gasteiger partial charge in [0.25, 0.3) is 0 Å². The van der Waals surface area contributed by atoms with E-state index >= 15 is 0 Å². The van der Waals surface area contributed by atoms with Crippen LogP contribution in [-0.2, 0) is 0 Å². The van der Waals surface area contributed by atoms with Gasteiger partial charge in [-0.3, -0.25) is 0 Å². The van der Waals surface area contributed by atoms with Crippen LogP contribution < -0.4 is 0 Å². The summed E-state index contributed by atoms with van der Waals surface area (Å²) >= 11 is 0. The van der Waals surface area contributed by atoms with Crippen molar-refractivity contribution in [3.63, 3.8) is 0 Å². The number of rotatable bonds is 12. The number of hydrogen-bond acceptors (Lipinski definition) is 0. The lowest BCUT2D eigenvalue weighted by Crippen LogP contribution is -2.13. The maximum Gasteiger partial charge on any atom is -0.0414 e. The lowest BCUT2D eigenvalue weighted by Gasteiger charge is -2.25. The lowest BCUT2D eigenvalue weighted by atomic mass is 9.81. The van der Waals surface area contributed by atoms with Crippen LogP contribution in [0.5, 0.6) is 0 Å². The molecule has 0 heteroatoms. The Morgan fingerprint density at radius 2 is 1.22 bits per heavy atom. The van der Waals surface area contributed by atoms with Crippen molar-refractivity contribution in [2.24, 2.45) is 17.8 Å². The van der Waals surface area contributed by atoms with Crippen molar-refractivity contribution >= 4 is 0 Å². The highest BCUT2D eigenvalue weighted by atomic mass is 14.2. The summed E-state index contributed by atoms with van der Waals surface area (Å²) in [6.07, 6.45) is 14.2. The molecular weight excluding hydrogens is 216 g/mol. The van der Waals surface area contributed by atoms with Crippen LogP contribution in [0.3, 0.4) is 0 Å². The molecule has 0 aromatic carbocycles. The lowest BCUT2D eigenvalue weighted by molar-refractivity contribution is 0.268. The highest BCUT2D eigenvalue weighted by Crippen LogP contribution is 2.28. The predicted octanol–water partition coefficient (Wildman–Crippen LogP) is 6.84. The van der Waals surface area contributed by atoms with Gasteiger partial charge >= 0.3 is 0 Å². The van der Waals surface area contributed by atoms with Crippen molar-refractivity contribution in [2.45, 2.75) is 98.8 Å². The van der Waals surface area contributed by atoms with E-state index in [0.29, 0.717) is 0 Å². The van der Waals surface area contributed by atoms with E-state index in [4.69, 9.17) is 0 Å². The molecule has 0 aromatic heterocycles. The number of hydrogen-bond donors (Lipinski definition) is 0. The van der Waals surface area contributed by atoms with E-state index in [0.717, 1.165) is 17.8 Å². The van der Waals surface area contributed by atoms with Crippen LogP contribution >= 0.6 is 0 Å². The predicted molar refractivity (Wildman–Crippen MR) is 85.0 cm³/mol. The third kappa shape index (κ3) is 9.00. The number of unbranched alkanes of at least 4 members (excludes halogenated alkanes) is 4. The van der Waals surface area contributed by atoms with E-state index in [1.807, 2.05) is 0 Å². The molecule has 110 valence electrons. The third-order valence-electron chi connectivity index (χ3n) is 4.73. The summed E-state index contributed by atoms with van der Waals surface area (Å²) in [7, 11) is 0. The first-order chi connectivity index (χ1) is 8.65. The molecule has 0 saturated carbocycles. The molecule has 0 aliphatic carbocycles. The molecule has 3 atom stereocenters. The van der Waals surface area contributed by atoms with E-state index in [9.17, 15) is 0 Å². The SMILES string of the molecule is CCCCCC(CC)CC(C)C(C)CCCCC. The van der Waals surface area contributed by atoms with Gasteiger partial charge in [0.1, 0.15) is 0 Å². The Balaban J connectivity index is 3.81. The Kier molecular flexibility index (Phi) is 12.1. The minimum absolute atomic E-state index is 0.924. The normalized spacial score (nSPS) is 16.5. The van der Waals surface area contributed by atoms with Crippen LogP contribution in [0.25, 0.3) is 0 Å². The van der Waals surface area contributed by atoms with Gasteiger partial charge in [0.05, 0.1) is 0 Å². The second-order valence-electron chi connectivity index (χ2n) is 6.46. The molecular formula is C18H38. The summed E-state index contributed by atoms with van der Waals surface area (Å²) in [5, 5.41) is 0. The Bertz CT molecular complexity index is 161. The van der Waals surface area contributed by atoms with Gasteiger partial charge in [-0.25, -0.2) is 0 Å². The molecule has 0 fully saturated rings. The summed E-state index contributed by atoms with van der Waals surface area (Å²) in [6, 6.07) is 0. The van der Waals surface area contributed by atoms with Gasteiger partial charge < -0.3 is 0 Å². The Morgan fingerprint density at radius 3 is 1.72 bits per heavy atom. The molecule has 0 N–H and O–H groups in total. The minimum atomic E-state index is 0.924. The van der Waals surface area contributed by atoms with Gasteiger partial charge in [-0.1, -0.05) is 92.4 Å². The third-order valence-corrected chi connectivity index (χ3v) is 4.73. The van der Waals surface area contributed by atoms with Gasteiger partial charge in [0.2, 0.25) is 0 Å². The quantitative estimate of drug-likeness (QED) is 0.335. The molecule has 0 amide bonds. The topological polar surface area (TPSA) is 0 Å². The van der Waals surface area contributed by atoms with Gasteiger partial charge in [0.15, 0.2) is 0 Å². The van der Waals surface area contributed by atoms with Crippen LogP contribution in [0.15, 0.2) is 0 Å². The van der Waals surface area contributed by atoms with Crippen molar-refractivity contribution in [2.75, 3.05) is 0 Å². The van der Waals surface area contributed by atoms with Crippen molar-refractivity contribution in [1.29, 1.82) is 0 Å². The monoisotopic (exact) mass is 254 g/mol. The zero-order valence-corrected chi connectivity index (χ0v) is 13.8. The zero-order valence-electron chi connectivity index (χ0n) is 13.8. The average molecular weight is 255 g/mol. The van der Waals surface area contributed by atoms with Crippen molar-refractivity contribution in [3.05, 3.63) is 0 Å². The summed E-state index contributed by atoms with van der Waals surface area (Å²) < 4.78 is 0. The molecule has 0 heterocycles. The van der Waals surface area contributed by atoms with Gasteiger partial charge in [-0.15, -0.1) is 0 Å². The van der Waals surface area contributed by atoms with Gasteiger partial charge in [-0.2, -0.15) is 0 Å². The second kappa shape index (κ2) is 12.1. The molecule has 3 unspecified atom stereocenters. The highest BCUT2D eigenvalue weighted by Gasteiger charge is 2.16. The highest BCUT2D eigenvalue weighted by molar-refractivity contribution is 4.68. The van der Waals surface area contributed by atoms with Gasteiger partial charge in [0, 0.05) is 0 Å². The first-order valence-electron chi connectivity index (χ1n) is 8.65. The van der Waals surface area contributed by atoms with Crippen LogP contribution in [-0.4, -0.2) is 0 Å². The van der Waals surface area contributed by atoms with E-state index in [1.165, 1.54) is 64.2 Å². The molecule has 0 spiro atoms. The van der Waals surface area contributed by atoms with Gasteiger partial charge in [-0.05, 0) is 24.2 Å². The average Bonchev–Trinajstić information content (AvgIpc) is 2.37. The van der Waals surface area contributed by atoms with Crippen LogP contribution in [0.1, 0.15) is 98.8 Å². The minimum Gasteiger partial charge on any atom is -0.0654 e. The molecule has 0 nitrogen and oxygen atoms in total. The van der Waals surface area contributed by atoms with E-state index in [-0.39, 0.29) is 0 Å². The maximum atomic E-state index is 2.49. The van der Waals surface area contributed by atoms with E-state index < -0.39 is 0 Å². The van der Waals surface area contributed by atoms with Crippen molar-refractivity contribution in [3.8, 4) is 0 Å². The molecule has 0 rings (SSSR count). The molecule has 0 aliphatic heterocycles. The fourth-order valence-corrected chi connectivity index (χ4v) is 2.93. The maximum absolute atomic E-state index is 2.49. The molecule has 0 aromatic rings. The molecule has 18 heavy (non-hydrogen) atoms. The first kappa shape index (κ1) is 18.0. The Labute approximate surface area is 117 Å². The van der Waals surface area contributed by atoms with E-state index in [1.54, 1.807) is 0 Å².